The van der Waals surface area contributed by atoms with Crippen molar-refractivity contribution in [3.63, 3.8) is 0 Å². The van der Waals surface area contributed by atoms with Gasteiger partial charge in [-0.25, -0.2) is 0 Å². The van der Waals surface area contributed by atoms with E-state index in [1.165, 1.54) is 24.3 Å². The van der Waals surface area contributed by atoms with Gasteiger partial charge in [-0.2, -0.15) is 10.5 Å². The van der Waals surface area contributed by atoms with Crippen molar-refractivity contribution in [3.8, 4) is 34.8 Å². The molecule has 0 aromatic heterocycles. The summed E-state index contributed by atoms with van der Waals surface area (Å²) in [5.74, 6) is -0.815. The van der Waals surface area contributed by atoms with E-state index in [0.29, 0.717) is 17.7 Å². The SMILES string of the molecule is CCCCNC(=O)c1ccc(-c2c(C#N)cc(O)cc2C#N)cc1O. The molecule has 0 aliphatic carbocycles. The zero-order chi connectivity index (χ0) is 18.4. The first-order chi connectivity index (χ1) is 12.0. The number of benzene rings is 2. The predicted molar refractivity (Wildman–Crippen MR) is 91.9 cm³/mol. The Hall–Kier alpha value is -3.51. The Bertz CT molecular complexity index is 857. The topological polar surface area (TPSA) is 117 Å². The van der Waals surface area contributed by atoms with Crippen molar-refractivity contribution in [2.75, 3.05) is 6.54 Å². The highest BCUT2D eigenvalue weighted by molar-refractivity contribution is 5.97. The van der Waals surface area contributed by atoms with E-state index in [1.807, 2.05) is 19.1 Å². The van der Waals surface area contributed by atoms with Crippen LogP contribution in [-0.4, -0.2) is 22.7 Å². The van der Waals surface area contributed by atoms with Crippen LogP contribution in [0.3, 0.4) is 0 Å². The number of unbranched alkanes of at least 4 members (excludes halogenated alkanes) is 1. The van der Waals surface area contributed by atoms with Crippen molar-refractivity contribution >= 4 is 5.91 Å². The minimum absolute atomic E-state index is 0.107. The van der Waals surface area contributed by atoms with Crippen LogP contribution in [0.2, 0.25) is 0 Å². The molecular weight excluding hydrogens is 318 g/mol. The number of carbonyl (C=O) groups is 1. The van der Waals surface area contributed by atoms with Crippen LogP contribution in [0.4, 0.5) is 0 Å². The smallest absolute Gasteiger partial charge is 0.255 e. The van der Waals surface area contributed by atoms with E-state index in [1.54, 1.807) is 6.07 Å². The third kappa shape index (κ3) is 3.88. The van der Waals surface area contributed by atoms with Gasteiger partial charge in [-0.1, -0.05) is 19.4 Å². The second-order valence-electron chi connectivity index (χ2n) is 5.48. The number of carbonyl (C=O) groups excluding carboxylic acids is 1. The normalized spacial score (nSPS) is 9.88. The van der Waals surface area contributed by atoms with Gasteiger partial charge in [-0.15, -0.1) is 0 Å². The third-order valence-electron chi connectivity index (χ3n) is 3.71. The van der Waals surface area contributed by atoms with Crippen LogP contribution >= 0.6 is 0 Å². The first-order valence-electron chi connectivity index (χ1n) is 7.80. The Balaban J connectivity index is 2.44. The second kappa shape index (κ2) is 7.85. The summed E-state index contributed by atoms with van der Waals surface area (Å²) in [6, 6.07) is 10.7. The van der Waals surface area contributed by atoms with Crippen LogP contribution < -0.4 is 5.32 Å². The fourth-order valence-electron chi connectivity index (χ4n) is 2.47. The van der Waals surface area contributed by atoms with E-state index in [9.17, 15) is 25.5 Å². The molecule has 0 atom stereocenters. The van der Waals surface area contributed by atoms with Gasteiger partial charge >= 0.3 is 0 Å². The quantitative estimate of drug-likeness (QED) is 0.726. The molecule has 0 saturated carbocycles. The van der Waals surface area contributed by atoms with Crippen LogP contribution in [0.15, 0.2) is 30.3 Å². The number of phenols is 2. The van der Waals surface area contributed by atoms with E-state index in [4.69, 9.17) is 0 Å². The molecule has 2 aromatic carbocycles. The number of rotatable bonds is 5. The van der Waals surface area contributed by atoms with Crippen LogP contribution in [0.25, 0.3) is 11.1 Å². The van der Waals surface area contributed by atoms with Crippen molar-refractivity contribution in [3.05, 3.63) is 47.0 Å². The van der Waals surface area contributed by atoms with Crippen molar-refractivity contribution in [2.45, 2.75) is 19.8 Å². The van der Waals surface area contributed by atoms with Crippen LogP contribution in [0.1, 0.15) is 41.3 Å². The first kappa shape index (κ1) is 17.8. The zero-order valence-corrected chi connectivity index (χ0v) is 13.7. The molecule has 0 unspecified atom stereocenters. The van der Waals surface area contributed by atoms with E-state index in [-0.39, 0.29) is 34.1 Å². The molecule has 6 heteroatoms. The van der Waals surface area contributed by atoms with Gasteiger partial charge < -0.3 is 15.5 Å². The lowest BCUT2D eigenvalue weighted by molar-refractivity contribution is 0.0950. The van der Waals surface area contributed by atoms with Gasteiger partial charge in [0.1, 0.15) is 11.5 Å². The average molecular weight is 335 g/mol. The van der Waals surface area contributed by atoms with Gasteiger partial charge in [0.25, 0.3) is 5.91 Å². The van der Waals surface area contributed by atoms with Crippen molar-refractivity contribution in [2.24, 2.45) is 0 Å². The fourth-order valence-corrected chi connectivity index (χ4v) is 2.47. The molecule has 2 rings (SSSR count). The lowest BCUT2D eigenvalue weighted by Crippen LogP contribution is -2.24. The Morgan fingerprint density at radius 1 is 1.12 bits per heavy atom. The highest BCUT2D eigenvalue weighted by atomic mass is 16.3. The van der Waals surface area contributed by atoms with Gasteiger partial charge in [0.05, 0.1) is 28.8 Å². The molecule has 3 N–H and O–H groups in total. The fraction of sp³-hybridized carbons (Fsp3) is 0.211. The first-order valence-corrected chi connectivity index (χ1v) is 7.80. The predicted octanol–water partition coefficient (Wildman–Crippen LogP) is 3.04. The molecule has 0 aliphatic heterocycles. The molecule has 0 saturated heterocycles. The summed E-state index contributed by atoms with van der Waals surface area (Å²) < 4.78 is 0. The van der Waals surface area contributed by atoms with Gasteiger partial charge in [-0.05, 0) is 36.2 Å². The van der Waals surface area contributed by atoms with Gasteiger partial charge in [0.15, 0.2) is 0 Å². The molecule has 6 nitrogen and oxygen atoms in total. The molecule has 0 aliphatic rings. The van der Waals surface area contributed by atoms with Gasteiger partial charge in [-0.3, -0.25) is 4.79 Å². The molecule has 126 valence electrons. The van der Waals surface area contributed by atoms with E-state index < -0.39 is 0 Å². The van der Waals surface area contributed by atoms with E-state index in [2.05, 4.69) is 5.32 Å². The Kier molecular flexibility index (Phi) is 5.60. The number of aromatic hydroxyl groups is 2. The van der Waals surface area contributed by atoms with Crippen LogP contribution in [0.5, 0.6) is 11.5 Å². The van der Waals surface area contributed by atoms with Gasteiger partial charge in [0.2, 0.25) is 0 Å². The Labute approximate surface area is 145 Å². The third-order valence-corrected chi connectivity index (χ3v) is 3.71. The van der Waals surface area contributed by atoms with Crippen LogP contribution in [-0.2, 0) is 0 Å². The minimum Gasteiger partial charge on any atom is -0.508 e. The highest BCUT2D eigenvalue weighted by Crippen LogP contribution is 2.33. The largest absolute Gasteiger partial charge is 0.508 e. The second-order valence-corrected chi connectivity index (χ2v) is 5.48. The Morgan fingerprint density at radius 3 is 2.28 bits per heavy atom. The van der Waals surface area contributed by atoms with Crippen molar-refractivity contribution in [1.29, 1.82) is 10.5 Å². The molecule has 0 fully saturated rings. The van der Waals surface area contributed by atoms with Crippen LogP contribution in [0, 0.1) is 22.7 Å². The Morgan fingerprint density at radius 2 is 1.76 bits per heavy atom. The van der Waals surface area contributed by atoms with E-state index in [0.717, 1.165) is 12.8 Å². The molecule has 0 spiro atoms. The number of nitrogens with zero attached hydrogens (tertiary/aromatic N) is 2. The number of nitrogens with one attached hydrogen (secondary N) is 1. The maximum absolute atomic E-state index is 12.1. The molecule has 2 aromatic rings. The lowest BCUT2D eigenvalue weighted by atomic mass is 9.94. The number of phenolic OH excluding ortho intramolecular Hbond substituents is 2. The molecule has 1 amide bonds. The summed E-state index contributed by atoms with van der Waals surface area (Å²) in [6.45, 7) is 2.53. The number of nitriles is 2. The van der Waals surface area contributed by atoms with Gasteiger partial charge in [0, 0.05) is 12.1 Å². The number of hydrogen-bond acceptors (Lipinski definition) is 5. The molecular formula is C19H17N3O3. The maximum atomic E-state index is 12.1. The van der Waals surface area contributed by atoms with Crippen molar-refractivity contribution < 1.29 is 15.0 Å². The summed E-state index contributed by atoms with van der Waals surface area (Å²) in [7, 11) is 0. The standard InChI is InChI=1S/C19H17N3O3/c1-2-3-6-22-19(25)16-5-4-12(9-17(16)24)18-13(10-20)7-15(23)8-14(18)11-21/h4-5,7-9,23-24H,2-3,6H2,1H3,(H,22,25). The molecule has 0 bridgehead atoms. The summed E-state index contributed by atoms with van der Waals surface area (Å²) in [4.78, 5) is 12.1. The summed E-state index contributed by atoms with van der Waals surface area (Å²) >= 11 is 0. The summed E-state index contributed by atoms with van der Waals surface area (Å²) in [6.07, 6.45) is 1.79. The number of hydrogen-bond donors (Lipinski definition) is 3. The molecule has 0 radical (unpaired) electrons. The molecule has 0 heterocycles. The zero-order valence-electron chi connectivity index (χ0n) is 13.7. The number of amides is 1. The maximum Gasteiger partial charge on any atom is 0.255 e. The average Bonchev–Trinajstić information content (AvgIpc) is 2.60. The lowest BCUT2D eigenvalue weighted by Gasteiger charge is -2.11. The van der Waals surface area contributed by atoms with Crippen molar-refractivity contribution in [1.82, 2.24) is 5.32 Å². The van der Waals surface area contributed by atoms with E-state index >= 15 is 0 Å². The minimum atomic E-state index is -0.385. The summed E-state index contributed by atoms with van der Waals surface area (Å²) in [5.41, 5.74) is 1.05. The monoisotopic (exact) mass is 335 g/mol. The molecule has 25 heavy (non-hydrogen) atoms. The highest BCUT2D eigenvalue weighted by Gasteiger charge is 2.16. The summed E-state index contributed by atoms with van der Waals surface area (Å²) in [5, 5.41) is 41.0.